The van der Waals surface area contributed by atoms with Crippen molar-refractivity contribution in [1.29, 1.82) is 0 Å². The van der Waals surface area contributed by atoms with Crippen LogP contribution < -0.4 is 5.32 Å². The molecule has 1 rings (SSSR count). The second kappa shape index (κ2) is 7.59. The zero-order valence-corrected chi connectivity index (χ0v) is 14.5. The molecule has 134 valence electrons. The molecule has 0 aromatic heterocycles. The smallest absolute Gasteiger partial charge is 0.407 e. The number of hydrogen-bond acceptors (Lipinski definition) is 6. The van der Waals surface area contributed by atoms with E-state index in [9.17, 15) is 25.1 Å². The van der Waals surface area contributed by atoms with Crippen LogP contribution >= 0.6 is 0 Å². The predicted octanol–water partition coefficient (Wildman–Crippen LogP) is 2.13. The summed E-state index contributed by atoms with van der Waals surface area (Å²) in [4.78, 5) is 22.2. The van der Waals surface area contributed by atoms with Crippen LogP contribution in [0, 0.1) is 24.0 Å². The van der Waals surface area contributed by atoms with E-state index in [1.807, 2.05) is 0 Å². The lowest BCUT2D eigenvalue weighted by Crippen LogP contribution is -2.39. The molecule has 0 saturated heterocycles. The van der Waals surface area contributed by atoms with Gasteiger partial charge in [0.25, 0.3) is 5.69 Å². The fourth-order valence-electron chi connectivity index (χ4n) is 2.30. The fourth-order valence-corrected chi connectivity index (χ4v) is 2.30. The molecule has 2 atom stereocenters. The van der Waals surface area contributed by atoms with Crippen molar-refractivity contribution in [2.45, 2.75) is 52.4 Å². The Kier molecular flexibility index (Phi) is 6.28. The van der Waals surface area contributed by atoms with Crippen molar-refractivity contribution < 1.29 is 24.7 Å². The average Bonchev–Trinajstić information content (AvgIpc) is 2.41. The Balaban J connectivity index is 2.88. The second-order valence-electron chi connectivity index (χ2n) is 6.67. The zero-order valence-electron chi connectivity index (χ0n) is 14.5. The first-order valence-corrected chi connectivity index (χ1v) is 7.51. The highest BCUT2D eigenvalue weighted by molar-refractivity contribution is 5.67. The standard InChI is InChI=1S/C16H24N2O6/c1-9-6-10(2)13(11(7-9)18(22)23)14(20)12(19)8-17-15(21)24-16(3,4)5/h6-7,12,14,19-20H,8H2,1-5H3,(H,17,21). The molecule has 8 heteroatoms. The number of nitrogens with zero attached hydrogens (tertiary/aromatic N) is 1. The van der Waals surface area contributed by atoms with E-state index in [2.05, 4.69) is 5.32 Å². The molecule has 2 unspecified atom stereocenters. The summed E-state index contributed by atoms with van der Waals surface area (Å²) in [5.74, 6) is 0. The Labute approximate surface area is 140 Å². The van der Waals surface area contributed by atoms with E-state index in [0.29, 0.717) is 11.1 Å². The van der Waals surface area contributed by atoms with Crippen molar-refractivity contribution in [3.05, 3.63) is 38.9 Å². The van der Waals surface area contributed by atoms with Crippen molar-refractivity contribution in [2.24, 2.45) is 0 Å². The van der Waals surface area contributed by atoms with Gasteiger partial charge in [0, 0.05) is 12.6 Å². The molecule has 0 heterocycles. The molecule has 0 aliphatic carbocycles. The maximum absolute atomic E-state index is 11.6. The van der Waals surface area contributed by atoms with Crippen LogP contribution in [0.15, 0.2) is 12.1 Å². The number of carbonyl (C=O) groups is 1. The molecular formula is C16H24N2O6. The normalized spacial score (nSPS) is 14.0. The first-order chi connectivity index (χ1) is 10.9. The van der Waals surface area contributed by atoms with Gasteiger partial charge >= 0.3 is 6.09 Å². The minimum Gasteiger partial charge on any atom is -0.444 e. The van der Waals surface area contributed by atoms with Gasteiger partial charge in [0.2, 0.25) is 0 Å². The molecule has 24 heavy (non-hydrogen) atoms. The van der Waals surface area contributed by atoms with Crippen LogP contribution in [0.2, 0.25) is 0 Å². The number of alkyl carbamates (subject to hydrolysis) is 1. The van der Waals surface area contributed by atoms with Crippen LogP contribution in [-0.4, -0.2) is 39.5 Å². The quantitative estimate of drug-likeness (QED) is 0.557. The van der Waals surface area contributed by atoms with Gasteiger partial charge in [0.05, 0.1) is 10.5 Å². The summed E-state index contributed by atoms with van der Waals surface area (Å²) >= 11 is 0. The number of aliphatic hydroxyl groups is 2. The van der Waals surface area contributed by atoms with Crippen LogP contribution in [0.1, 0.15) is 43.6 Å². The monoisotopic (exact) mass is 340 g/mol. The molecule has 8 nitrogen and oxygen atoms in total. The predicted molar refractivity (Wildman–Crippen MR) is 87.8 cm³/mol. The molecule has 0 saturated carbocycles. The summed E-state index contributed by atoms with van der Waals surface area (Å²) in [6, 6.07) is 3.01. The molecule has 1 aromatic rings. The summed E-state index contributed by atoms with van der Waals surface area (Å²) < 4.78 is 5.02. The van der Waals surface area contributed by atoms with E-state index in [1.165, 1.54) is 6.07 Å². The lowest BCUT2D eigenvalue weighted by molar-refractivity contribution is -0.386. The first-order valence-electron chi connectivity index (χ1n) is 7.51. The molecule has 1 amide bonds. The number of amides is 1. The first kappa shape index (κ1) is 19.9. The third-order valence-corrected chi connectivity index (χ3v) is 3.22. The highest BCUT2D eigenvalue weighted by atomic mass is 16.6. The molecule has 0 aliphatic rings. The Morgan fingerprint density at radius 3 is 2.42 bits per heavy atom. The summed E-state index contributed by atoms with van der Waals surface area (Å²) in [5, 5.41) is 33.9. The number of nitro groups is 1. The number of ether oxygens (including phenoxy) is 1. The number of nitro benzene ring substituents is 1. The van der Waals surface area contributed by atoms with E-state index in [1.54, 1.807) is 40.7 Å². The molecule has 0 spiro atoms. The van der Waals surface area contributed by atoms with Gasteiger partial charge in [0.1, 0.15) is 17.8 Å². The third-order valence-electron chi connectivity index (χ3n) is 3.22. The van der Waals surface area contributed by atoms with Gasteiger partial charge in [-0.05, 0) is 45.7 Å². The number of hydrogen-bond donors (Lipinski definition) is 3. The molecule has 0 fully saturated rings. The maximum Gasteiger partial charge on any atom is 0.407 e. The van der Waals surface area contributed by atoms with Gasteiger partial charge in [-0.15, -0.1) is 0 Å². The van der Waals surface area contributed by atoms with E-state index in [-0.39, 0.29) is 17.8 Å². The molecule has 0 radical (unpaired) electrons. The lowest BCUT2D eigenvalue weighted by Gasteiger charge is -2.23. The lowest BCUT2D eigenvalue weighted by atomic mass is 9.95. The Morgan fingerprint density at radius 2 is 1.92 bits per heavy atom. The van der Waals surface area contributed by atoms with E-state index >= 15 is 0 Å². The summed E-state index contributed by atoms with van der Waals surface area (Å²) in [5.41, 5.74) is 0.238. The number of nitrogens with one attached hydrogen (secondary N) is 1. The van der Waals surface area contributed by atoms with Gasteiger partial charge < -0.3 is 20.3 Å². The highest BCUT2D eigenvalue weighted by Crippen LogP contribution is 2.31. The maximum atomic E-state index is 11.6. The van der Waals surface area contributed by atoms with Crippen molar-refractivity contribution in [1.82, 2.24) is 5.32 Å². The number of benzene rings is 1. The minimum absolute atomic E-state index is 0.0316. The highest BCUT2D eigenvalue weighted by Gasteiger charge is 2.29. The SMILES string of the molecule is Cc1cc(C)c(C(O)C(O)CNC(=O)OC(C)(C)C)c([N+](=O)[O-])c1. The van der Waals surface area contributed by atoms with Gasteiger partial charge in [0.15, 0.2) is 0 Å². The topological polar surface area (TPSA) is 122 Å². The molecular weight excluding hydrogens is 316 g/mol. The summed E-state index contributed by atoms with van der Waals surface area (Å²) in [6.07, 6.45) is -3.68. The van der Waals surface area contributed by atoms with E-state index < -0.39 is 28.8 Å². The van der Waals surface area contributed by atoms with Gasteiger partial charge in [-0.3, -0.25) is 10.1 Å². The summed E-state index contributed by atoms with van der Waals surface area (Å²) in [7, 11) is 0. The Hall–Kier alpha value is -2.19. The Morgan fingerprint density at radius 1 is 1.33 bits per heavy atom. The van der Waals surface area contributed by atoms with Crippen LogP contribution in [0.4, 0.5) is 10.5 Å². The van der Waals surface area contributed by atoms with Crippen molar-refractivity contribution >= 4 is 11.8 Å². The number of aryl methyl sites for hydroxylation is 2. The van der Waals surface area contributed by atoms with Crippen molar-refractivity contribution in [2.75, 3.05) is 6.54 Å². The van der Waals surface area contributed by atoms with Crippen LogP contribution in [-0.2, 0) is 4.74 Å². The van der Waals surface area contributed by atoms with Gasteiger partial charge in [-0.1, -0.05) is 6.07 Å². The van der Waals surface area contributed by atoms with E-state index in [0.717, 1.165) is 0 Å². The number of carbonyl (C=O) groups excluding carboxylic acids is 1. The van der Waals surface area contributed by atoms with Gasteiger partial charge in [-0.25, -0.2) is 4.79 Å². The Bertz CT molecular complexity index is 624. The molecule has 0 bridgehead atoms. The van der Waals surface area contributed by atoms with Crippen LogP contribution in [0.25, 0.3) is 0 Å². The van der Waals surface area contributed by atoms with Crippen molar-refractivity contribution in [3.63, 3.8) is 0 Å². The largest absolute Gasteiger partial charge is 0.444 e. The number of aliphatic hydroxyl groups excluding tert-OH is 2. The molecule has 0 aliphatic heterocycles. The summed E-state index contributed by atoms with van der Waals surface area (Å²) in [6.45, 7) is 8.09. The van der Waals surface area contributed by atoms with E-state index in [4.69, 9.17) is 4.74 Å². The average molecular weight is 340 g/mol. The second-order valence-corrected chi connectivity index (χ2v) is 6.67. The third kappa shape index (κ3) is 5.47. The minimum atomic E-state index is -1.51. The van der Waals surface area contributed by atoms with Gasteiger partial charge in [-0.2, -0.15) is 0 Å². The zero-order chi connectivity index (χ0) is 18.7. The molecule has 3 N–H and O–H groups in total. The fraction of sp³-hybridized carbons (Fsp3) is 0.562. The van der Waals surface area contributed by atoms with Crippen molar-refractivity contribution in [3.8, 4) is 0 Å². The van der Waals surface area contributed by atoms with Crippen LogP contribution in [0.5, 0.6) is 0 Å². The molecule has 1 aromatic carbocycles. The van der Waals surface area contributed by atoms with Crippen LogP contribution in [0.3, 0.4) is 0 Å². The number of rotatable bonds is 5.